The summed E-state index contributed by atoms with van der Waals surface area (Å²) in [4.78, 5) is 22.2. The van der Waals surface area contributed by atoms with Gasteiger partial charge in [0.2, 0.25) is 5.91 Å². The maximum atomic E-state index is 11.1. The first kappa shape index (κ1) is 12.5. The summed E-state index contributed by atoms with van der Waals surface area (Å²) in [5.74, 6) is -2.08. The lowest BCUT2D eigenvalue weighted by Crippen LogP contribution is -2.43. The average Bonchev–Trinajstić information content (AvgIpc) is 2.20. The number of aliphatic carboxylic acids is 1. The number of hydrogen-bond donors (Lipinski definition) is 2. The van der Waals surface area contributed by atoms with E-state index < -0.39 is 17.3 Å². The second-order valence-electron chi connectivity index (χ2n) is 3.80. The second kappa shape index (κ2) is 4.53. The van der Waals surface area contributed by atoms with E-state index in [1.807, 2.05) is 0 Å². The van der Waals surface area contributed by atoms with Crippen LogP contribution in [0.3, 0.4) is 0 Å². The molecule has 3 N–H and O–H groups in total. The number of nitrogens with two attached hydrogens (primary N) is 1. The summed E-state index contributed by atoms with van der Waals surface area (Å²) in [6.45, 7) is 1.31. The molecule has 0 bridgehead atoms. The minimum Gasteiger partial charge on any atom is -0.480 e. The van der Waals surface area contributed by atoms with Crippen LogP contribution in [0.4, 0.5) is 0 Å². The van der Waals surface area contributed by atoms with Gasteiger partial charge >= 0.3 is 5.97 Å². The van der Waals surface area contributed by atoms with Gasteiger partial charge in [-0.2, -0.15) is 0 Å². The van der Waals surface area contributed by atoms with Crippen LogP contribution in [0, 0.1) is 5.41 Å². The number of rotatable bonds is 4. The van der Waals surface area contributed by atoms with E-state index in [9.17, 15) is 9.59 Å². The van der Waals surface area contributed by atoms with E-state index in [1.165, 1.54) is 6.92 Å². The zero-order valence-electron chi connectivity index (χ0n) is 8.74. The highest BCUT2D eigenvalue weighted by atomic mass is 35.5. The molecular weight excluding hydrogens is 230 g/mol. The number of halogens is 1. The van der Waals surface area contributed by atoms with Gasteiger partial charge < -0.3 is 10.8 Å². The maximum Gasteiger partial charge on any atom is 0.319 e. The summed E-state index contributed by atoms with van der Waals surface area (Å²) in [5, 5.41) is 9.55. The molecule has 1 aromatic rings. The van der Waals surface area contributed by atoms with Crippen LogP contribution in [-0.2, 0) is 16.0 Å². The van der Waals surface area contributed by atoms with E-state index in [4.69, 9.17) is 22.4 Å². The Morgan fingerprint density at radius 3 is 2.25 bits per heavy atom. The van der Waals surface area contributed by atoms with Crippen molar-refractivity contribution in [2.24, 2.45) is 11.1 Å². The zero-order valence-corrected chi connectivity index (χ0v) is 9.49. The number of carboxylic acid groups (broad SMARTS) is 1. The third-order valence-electron chi connectivity index (χ3n) is 2.49. The zero-order chi connectivity index (χ0) is 12.3. The first-order chi connectivity index (χ1) is 7.36. The van der Waals surface area contributed by atoms with Crippen LogP contribution in [0.15, 0.2) is 24.3 Å². The Morgan fingerprint density at radius 1 is 1.38 bits per heavy atom. The maximum absolute atomic E-state index is 11.1. The fourth-order valence-electron chi connectivity index (χ4n) is 1.28. The lowest BCUT2D eigenvalue weighted by Gasteiger charge is -2.20. The quantitative estimate of drug-likeness (QED) is 0.783. The third-order valence-corrected chi connectivity index (χ3v) is 2.74. The molecule has 1 atom stereocenters. The highest BCUT2D eigenvalue weighted by Gasteiger charge is 2.39. The van der Waals surface area contributed by atoms with Gasteiger partial charge in [0, 0.05) is 5.02 Å². The number of primary amides is 1. The summed E-state index contributed by atoms with van der Waals surface area (Å²) >= 11 is 5.70. The number of carbonyl (C=O) groups excluding carboxylic acids is 1. The van der Waals surface area contributed by atoms with Gasteiger partial charge in [0.05, 0.1) is 0 Å². The molecule has 0 aliphatic heterocycles. The van der Waals surface area contributed by atoms with E-state index in [1.54, 1.807) is 24.3 Å². The largest absolute Gasteiger partial charge is 0.480 e. The molecule has 1 amide bonds. The van der Waals surface area contributed by atoms with Crippen molar-refractivity contribution < 1.29 is 14.7 Å². The van der Waals surface area contributed by atoms with Crippen molar-refractivity contribution in [2.75, 3.05) is 0 Å². The van der Waals surface area contributed by atoms with Crippen molar-refractivity contribution in [3.8, 4) is 0 Å². The van der Waals surface area contributed by atoms with E-state index in [0.29, 0.717) is 10.6 Å². The molecule has 0 aliphatic carbocycles. The fourth-order valence-corrected chi connectivity index (χ4v) is 1.40. The van der Waals surface area contributed by atoms with Crippen molar-refractivity contribution in [2.45, 2.75) is 13.3 Å². The first-order valence-electron chi connectivity index (χ1n) is 4.64. The predicted octanol–water partition coefficient (Wildman–Crippen LogP) is 1.46. The second-order valence-corrected chi connectivity index (χ2v) is 4.24. The van der Waals surface area contributed by atoms with Gasteiger partial charge in [-0.05, 0) is 31.0 Å². The van der Waals surface area contributed by atoms with Gasteiger partial charge in [0.1, 0.15) is 5.41 Å². The van der Waals surface area contributed by atoms with Crippen LogP contribution in [0.2, 0.25) is 5.02 Å². The van der Waals surface area contributed by atoms with Gasteiger partial charge in [-0.1, -0.05) is 23.7 Å². The van der Waals surface area contributed by atoms with Crippen LogP contribution in [0.5, 0.6) is 0 Å². The molecule has 0 aliphatic rings. The Bertz CT molecular complexity index is 400. The molecule has 16 heavy (non-hydrogen) atoms. The molecule has 0 spiro atoms. The summed E-state index contributed by atoms with van der Waals surface area (Å²) in [5.41, 5.74) is 4.22. The highest BCUT2D eigenvalue weighted by Crippen LogP contribution is 2.23. The predicted molar refractivity (Wildman–Crippen MR) is 60.1 cm³/mol. The van der Waals surface area contributed by atoms with E-state index in [0.717, 1.165) is 0 Å². The fraction of sp³-hybridized carbons (Fsp3) is 0.273. The van der Waals surface area contributed by atoms with Crippen molar-refractivity contribution in [1.29, 1.82) is 0 Å². The van der Waals surface area contributed by atoms with E-state index in [2.05, 4.69) is 0 Å². The first-order valence-corrected chi connectivity index (χ1v) is 5.02. The Kier molecular flexibility index (Phi) is 3.55. The van der Waals surface area contributed by atoms with E-state index in [-0.39, 0.29) is 6.42 Å². The van der Waals surface area contributed by atoms with Crippen molar-refractivity contribution >= 4 is 23.5 Å². The SMILES string of the molecule is CC(Cc1ccc(Cl)cc1)(C(N)=O)C(=O)O. The average molecular weight is 242 g/mol. The number of hydrogen-bond acceptors (Lipinski definition) is 2. The van der Waals surface area contributed by atoms with Crippen LogP contribution in [0.1, 0.15) is 12.5 Å². The number of carbonyl (C=O) groups is 2. The van der Waals surface area contributed by atoms with Gasteiger partial charge in [-0.15, -0.1) is 0 Å². The Hall–Kier alpha value is -1.55. The van der Waals surface area contributed by atoms with Crippen molar-refractivity contribution in [1.82, 2.24) is 0 Å². The number of carboxylic acids is 1. The number of benzene rings is 1. The van der Waals surface area contributed by atoms with E-state index >= 15 is 0 Å². The smallest absolute Gasteiger partial charge is 0.319 e. The van der Waals surface area contributed by atoms with Crippen LogP contribution < -0.4 is 5.73 Å². The Labute approximate surface area is 98.0 Å². The highest BCUT2D eigenvalue weighted by molar-refractivity contribution is 6.30. The molecule has 0 radical (unpaired) electrons. The molecule has 0 aromatic heterocycles. The van der Waals surface area contributed by atoms with Gasteiger partial charge in [0.15, 0.2) is 0 Å². The summed E-state index contributed by atoms with van der Waals surface area (Å²) in [6, 6.07) is 6.62. The van der Waals surface area contributed by atoms with Gasteiger partial charge in [-0.25, -0.2) is 0 Å². The third kappa shape index (κ3) is 2.52. The molecule has 1 aromatic carbocycles. The molecule has 0 saturated heterocycles. The molecular formula is C11H12ClNO3. The number of amides is 1. The lowest BCUT2D eigenvalue weighted by molar-refractivity contribution is -0.153. The van der Waals surface area contributed by atoms with Gasteiger partial charge in [0.25, 0.3) is 0 Å². The normalized spacial score (nSPS) is 14.1. The topological polar surface area (TPSA) is 80.4 Å². The standard InChI is InChI=1S/C11H12ClNO3/c1-11(9(13)14,10(15)16)6-7-2-4-8(12)5-3-7/h2-5H,6H2,1H3,(H2,13,14)(H,15,16). The molecule has 86 valence electrons. The van der Waals surface area contributed by atoms with Crippen LogP contribution in [-0.4, -0.2) is 17.0 Å². The minimum absolute atomic E-state index is 0.0504. The molecule has 4 nitrogen and oxygen atoms in total. The van der Waals surface area contributed by atoms with Crippen molar-refractivity contribution in [3.05, 3.63) is 34.9 Å². The summed E-state index contributed by atoms with van der Waals surface area (Å²) < 4.78 is 0. The molecule has 0 fully saturated rings. The van der Waals surface area contributed by atoms with Crippen LogP contribution >= 0.6 is 11.6 Å². The molecule has 0 saturated carbocycles. The summed E-state index contributed by atoms with van der Waals surface area (Å²) in [6.07, 6.45) is 0.0504. The molecule has 1 rings (SSSR count). The minimum atomic E-state index is -1.59. The monoisotopic (exact) mass is 241 g/mol. The summed E-state index contributed by atoms with van der Waals surface area (Å²) in [7, 11) is 0. The Balaban J connectivity index is 2.97. The molecule has 5 heteroatoms. The van der Waals surface area contributed by atoms with Crippen molar-refractivity contribution in [3.63, 3.8) is 0 Å². The van der Waals surface area contributed by atoms with Gasteiger partial charge in [-0.3, -0.25) is 9.59 Å². The lowest BCUT2D eigenvalue weighted by atomic mass is 9.83. The molecule has 1 unspecified atom stereocenters. The molecule has 0 heterocycles. The Morgan fingerprint density at radius 2 is 1.88 bits per heavy atom. The van der Waals surface area contributed by atoms with Crippen LogP contribution in [0.25, 0.3) is 0 Å².